The van der Waals surface area contributed by atoms with Crippen molar-refractivity contribution in [3.63, 3.8) is 0 Å². The Labute approximate surface area is 141 Å². The topological polar surface area (TPSA) is 81.2 Å². The summed E-state index contributed by atoms with van der Waals surface area (Å²) in [7, 11) is 0. The van der Waals surface area contributed by atoms with Crippen LogP contribution in [0.3, 0.4) is 0 Å². The summed E-state index contributed by atoms with van der Waals surface area (Å²) in [5.41, 5.74) is 2.34. The summed E-state index contributed by atoms with van der Waals surface area (Å²) in [5, 5.41) is 11.0. The van der Waals surface area contributed by atoms with Crippen molar-refractivity contribution in [3.8, 4) is 0 Å². The van der Waals surface area contributed by atoms with Gasteiger partial charge >= 0.3 is 5.97 Å². The van der Waals surface area contributed by atoms with Crippen LogP contribution in [-0.4, -0.2) is 33.9 Å². The molecule has 1 amide bonds. The third-order valence-corrected chi connectivity index (χ3v) is 5.19. The number of fused-ring (bicyclic) bond motifs is 1. The molecule has 0 saturated carbocycles. The number of ether oxygens (including phenoxy) is 1. The summed E-state index contributed by atoms with van der Waals surface area (Å²) in [6, 6.07) is 5.57. The number of aromatic nitrogens is 2. The van der Waals surface area contributed by atoms with Gasteiger partial charge in [-0.05, 0) is 24.3 Å². The Morgan fingerprint density at radius 1 is 1.48 bits per heavy atom. The normalized spacial score (nSPS) is 16.6. The molecule has 1 aliphatic rings. The van der Waals surface area contributed by atoms with E-state index in [4.69, 9.17) is 4.74 Å². The van der Waals surface area contributed by atoms with E-state index in [1.165, 1.54) is 11.3 Å². The first-order valence-corrected chi connectivity index (χ1v) is 8.94. The highest BCUT2D eigenvalue weighted by Gasteiger charge is 2.31. The molecule has 0 spiro atoms. The molecular formula is C15H15N3O3S2. The van der Waals surface area contributed by atoms with Gasteiger partial charge in [-0.1, -0.05) is 47.7 Å². The summed E-state index contributed by atoms with van der Waals surface area (Å²) in [6.07, 6.45) is -0.480. The van der Waals surface area contributed by atoms with E-state index < -0.39 is 12.1 Å². The molecule has 120 valence electrons. The highest BCUT2D eigenvalue weighted by molar-refractivity contribution is 8.01. The van der Waals surface area contributed by atoms with Gasteiger partial charge in [0, 0.05) is 6.42 Å². The number of rotatable bonds is 4. The van der Waals surface area contributed by atoms with E-state index in [0.717, 1.165) is 21.2 Å². The fourth-order valence-corrected chi connectivity index (χ4v) is 3.92. The van der Waals surface area contributed by atoms with Crippen molar-refractivity contribution in [2.45, 2.75) is 30.7 Å². The molecule has 3 rings (SSSR count). The smallest absolute Gasteiger partial charge is 0.339 e. The van der Waals surface area contributed by atoms with E-state index in [1.54, 1.807) is 17.8 Å². The number of nitrogens with one attached hydrogen (secondary N) is 1. The predicted molar refractivity (Wildman–Crippen MR) is 89.0 cm³/mol. The maximum absolute atomic E-state index is 12.3. The Bertz CT molecular complexity index is 760. The Balaban J connectivity index is 1.71. The van der Waals surface area contributed by atoms with Crippen LogP contribution < -0.4 is 5.32 Å². The molecule has 1 aromatic carbocycles. The summed E-state index contributed by atoms with van der Waals surface area (Å²) in [6.45, 7) is 3.93. The number of hydrogen-bond acceptors (Lipinski definition) is 7. The zero-order valence-corrected chi connectivity index (χ0v) is 14.3. The maximum Gasteiger partial charge on any atom is 0.339 e. The number of amides is 1. The minimum atomic E-state index is -0.844. The molecule has 1 aliphatic heterocycles. The second-order valence-electron chi connectivity index (χ2n) is 5.05. The zero-order chi connectivity index (χ0) is 16.4. The van der Waals surface area contributed by atoms with Crippen molar-refractivity contribution < 1.29 is 14.3 Å². The lowest BCUT2D eigenvalue weighted by molar-refractivity contribution is -0.125. The van der Waals surface area contributed by atoms with Crippen LogP contribution in [0.1, 0.15) is 28.4 Å². The molecule has 0 aliphatic carbocycles. The van der Waals surface area contributed by atoms with Crippen LogP contribution in [0.5, 0.6) is 0 Å². The van der Waals surface area contributed by atoms with Gasteiger partial charge in [-0.3, -0.25) is 10.1 Å². The molecule has 1 aromatic heterocycles. The molecule has 1 N–H and O–H groups in total. The summed E-state index contributed by atoms with van der Waals surface area (Å²) < 4.78 is 6.05. The van der Waals surface area contributed by atoms with Crippen LogP contribution in [0.2, 0.25) is 0 Å². The third kappa shape index (κ3) is 3.53. The highest BCUT2D eigenvalue weighted by Crippen LogP contribution is 2.26. The van der Waals surface area contributed by atoms with Crippen molar-refractivity contribution in [1.29, 1.82) is 0 Å². The standard InChI is InChI=1S/C15H15N3O3S2/c1-3-22-15-18-17-14(23-15)16-12(19)11-7-9-5-4-8(2)6-10(9)13(20)21-11/h4-6,11H,3,7H2,1-2H3,(H,16,17,19)/t11-/m0/s1. The van der Waals surface area contributed by atoms with Gasteiger partial charge in [0.1, 0.15) is 0 Å². The van der Waals surface area contributed by atoms with E-state index in [2.05, 4.69) is 15.5 Å². The largest absolute Gasteiger partial charge is 0.448 e. The van der Waals surface area contributed by atoms with Gasteiger partial charge in [-0.2, -0.15) is 0 Å². The first-order chi connectivity index (χ1) is 11.1. The predicted octanol–water partition coefficient (Wildman–Crippen LogP) is 2.68. The minimum absolute atomic E-state index is 0.364. The molecular weight excluding hydrogens is 334 g/mol. The second-order valence-corrected chi connectivity index (χ2v) is 7.54. The zero-order valence-electron chi connectivity index (χ0n) is 12.7. The number of hydrogen-bond donors (Lipinski definition) is 1. The van der Waals surface area contributed by atoms with E-state index in [1.807, 2.05) is 26.0 Å². The summed E-state index contributed by atoms with van der Waals surface area (Å²) >= 11 is 2.87. The third-order valence-electron chi connectivity index (χ3n) is 3.34. The molecule has 0 bridgehead atoms. The van der Waals surface area contributed by atoms with Crippen molar-refractivity contribution >= 4 is 40.1 Å². The van der Waals surface area contributed by atoms with E-state index in [0.29, 0.717) is 17.1 Å². The van der Waals surface area contributed by atoms with Crippen LogP contribution in [0, 0.1) is 6.92 Å². The number of benzene rings is 1. The van der Waals surface area contributed by atoms with Gasteiger partial charge < -0.3 is 4.74 Å². The van der Waals surface area contributed by atoms with Crippen molar-refractivity contribution in [1.82, 2.24) is 10.2 Å². The van der Waals surface area contributed by atoms with E-state index in [9.17, 15) is 9.59 Å². The van der Waals surface area contributed by atoms with Gasteiger partial charge in [-0.15, -0.1) is 10.2 Å². The van der Waals surface area contributed by atoms with Gasteiger partial charge in [0.2, 0.25) is 5.13 Å². The molecule has 6 nitrogen and oxygen atoms in total. The number of anilines is 1. The summed E-state index contributed by atoms with van der Waals surface area (Å²) in [4.78, 5) is 24.4. The number of aryl methyl sites for hydroxylation is 1. The van der Waals surface area contributed by atoms with Gasteiger partial charge in [0.15, 0.2) is 10.4 Å². The first-order valence-electron chi connectivity index (χ1n) is 7.14. The molecule has 23 heavy (non-hydrogen) atoms. The Morgan fingerprint density at radius 2 is 2.30 bits per heavy atom. The number of carbonyl (C=O) groups is 2. The monoisotopic (exact) mass is 349 g/mol. The Hall–Kier alpha value is -1.93. The van der Waals surface area contributed by atoms with E-state index >= 15 is 0 Å². The first kappa shape index (κ1) is 15.9. The highest BCUT2D eigenvalue weighted by atomic mass is 32.2. The second kappa shape index (κ2) is 6.67. The Kier molecular flexibility index (Phi) is 4.63. The number of esters is 1. The molecule has 0 fully saturated rings. The van der Waals surface area contributed by atoms with Crippen LogP contribution in [0.4, 0.5) is 5.13 Å². The number of carbonyl (C=O) groups excluding carboxylic acids is 2. The summed E-state index contributed by atoms with van der Waals surface area (Å²) in [5.74, 6) is 0.0438. The fourth-order valence-electron chi connectivity index (χ4n) is 2.27. The average molecular weight is 349 g/mol. The van der Waals surface area contributed by atoms with Gasteiger partial charge in [0.05, 0.1) is 5.56 Å². The van der Waals surface area contributed by atoms with Crippen LogP contribution in [0.25, 0.3) is 0 Å². The molecule has 1 atom stereocenters. The minimum Gasteiger partial charge on any atom is -0.448 e. The van der Waals surface area contributed by atoms with Crippen molar-refractivity contribution in [2.75, 3.05) is 11.1 Å². The lowest BCUT2D eigenvalue weighted by Gasteiger charge is -2.23. The van der Waals surface area contributed by atoms with Crippen LogP contribution in [-0.2, 0) is 16.0 Å². The SMILES string of the molecule is CCSc1nnc(NC(=O)[C@@H]2Cc3ccc(C)cc3C(=O)O2)s1. The quantitative estimate of drug-likeness (QED) is 0.519. The van der Waals surface area contributed by atoms with Crippen molar-refractivity contribution in [3.05, 3.63) is 34.9 Å². The molecule has 0 radical (unpaired) electrons. The molecule has 2 aromatic rings. The fraction of sp³-hybridized carbons (Fsp3) is 0.333. The molecule has 0 saturated heterocycles. The number of cyclic esters (lactones) is 1. The molecule has 8 heteroatoms. The van der Waals surface area contributed by atoms with Crippen molar-refractivity contribution in [2.24, 2.45) is 0 Å². The lowest BCUT2D eigenvalue weighted by Crippen LogP contribution is -2.38. The Morgan fingerprint density at radius 3 is 3.09 bits per heavy atom. The van der Waals surface area contributed by atoms with E-state index in [-0.39, 0.29) is 5.91 Å². The number of nitrogens with zero attached hydrogens (tertiary/aromatic N) is 2. The molecule has 0 unspecified atom stereocenters. The van der Waals surface area contributed by atoms with Gasteiger partial charge in [0.25, 0.3) is 5.91 Å². The maximum atomic E-state index is 12.3. The molecule has 2 heterocycles. The van der Waals surface area contributed by atoms with Crippen LogP contribution >= 0.6 is 23.1 Å². The number of thioether (sulfide) groups is 1. The van der Waals surface area contributed by atoms with Crippen LogP contribution in [0.15, 0.2) is 22.5 Å². The lowest BCUT2D eigenvalue weighted by atomic mass is 9.96. The van der Waals surface area contributed by atoms with Gasteiger partial charge in [-0.25, -0.2) is 4.79 Å². The average Bonchev–Trinajstić information content (AvgIpc) is 2.95.